The molecule has 3 heteroatoms. The second-order valence-electron chi connectivity index (χ2n) is 5.19. The van der Waals surface area contributed by atoms with Gasteiger partial charge in [0.2, 0.25) is 0 Å². The van der Waals surface area contributed by atoms with E-state index in [1.165, 1.54) is 25.7 Å². The molecule has 18 heavy (non-hydrogen) atoms. The maximum Gasteiger partial charge on any atom is 0.144 e. The van der Waals surface area contributed by atoms with Crippen LogP contribution in [0.1, 0.15) is 37.7 Å². The van der Waals surface area contributed by atoms with Gasteiger partial charge in [0.05, 0.1) is 5.02 Å². The first kappa shape index (κ1) is 13.8. The van der Waals surface area contributed by atoms with Gasteiger partial charge >= 0.3 is 0 Å². The van der Waals surface area contributed by atoms with Gasteiger partial charge in [-0.25, -0.2) is 4.39 Å². The van der Waals surface area contributed by atoms with E-state index in [4.69, 9.17) is 11.6 Å². The van der Waals surface area contributed by atoms with Gasteiger partial charge in [-0.05, 0) is 50.3 Å². The van der Waals surface area contributed by atoms with Gasteiger partial charge in [-0.1, -0.05) is 36.6 Å². The first-order valence-corrected chi connectivity index (χ1v) is 7.20. The summed E-state index contributed by atoms with van der Waals surface area (Å²) in [7, 11) is 2.01. The molecule has 1 saturated carbocycles. The van der Waals surface area contributed by atoms with Crippen molar-refractivity contribution in [2.45, 2.75) is 44.6 Å². The smallest absolute Gasteiger partial charge is 0.144 e. The Balaban J connectivity index is 1.94. The van der Waals surface area contributed by atoms with Crippen LogP contribution in [0.5, 0.6) is 0 Å². The van der Waals surface area contributed by atoms with E-state index in [1.54, 1.807) is 6.07 Å². The highest BCUT2D eigenvalue weighted by molar-refractivity contribution is 6.30. The maximum atomic E-state index is 13.8. The largest absolute Gasteiger partial charge is 0.317 e. The summed E-state index contributed by atoms with van der Waals surface area (Å²) in [4.78, 5) is 0. The summed E-state index contributed by atoms with van der Waals surface area (Å²) in [5.41, 5.74) is 0.737. The van der Waals surface area contributed by atoms with Gasteiger partial charge in [-0.15, -0.1) is 0 Å². The molecule has 1 aromatic carbocycles. The van der Waals surface area contributed by atoms with Gasteiger partial charge in [-0.3, -0.25) is 0 Å². The third-order valence-corrected chi connectivity index (χ3v) is 4.39. The molecular weight excluding hydrogens is 249 g/mol. The Kier molecular flexibility index (Phi) is 5.02. The van der Waals surface area contributed by atoms with Crippen LogP contribution in [0.25, 0.3) is 0 Å². The third-order valence-electron chi connectivity index (χ3n) is 4.10. The number of halogens is 2. The second-order valence-corrected chi connectivity index (χ2v) is 5.60. The van der Waals surface area contributed by atoms with Crippen LogP contribution >= 0.6 is 11.6 Å². The molecule has 0 amide bonds. The Hall–Kier alpha value is -0.600. The summed E-state index contributed by atoms with van der Waals surface area (Å²) in [6.45, 7) is 0. The number of hydrogen-bond donors (Lipinski definition) is 1. The Morgan fingerprint density at radius 1 is 1.39 bits per heavy atom. The van der Waals surface area contributed by atoms with E-state index < -0.39 is 0 Å². The van der Waals surface area contributed by atoms with Crippen LogP contribution in [-0.2, 0) is 6.42 Å². The molecule has 1 aromatic rings. The monoisotopic (exact) mass is 269 g/mol. The standard InChI is InChI=1S/C15H21ClFN/c1-18-14(11-5-2-3-6-11)10-9-12-7-4-8-13(16)15(12)17/h4,7-8,11,14,18H,2-3,5-6,9-10H2,1H3. The Morgan fingerprint density at radius 3 is 2.78 bits per heavy atom. The van der Waals surface area contributed by atoms with Crippen molar-refractivity contribution in [3.05, 3.63) is 34.6 Å². The molecule has 1 aliphatic carbocycles. The highest BCUT2D eigenvalue weighted by Gasteiger charge is 2.23. The molecule has 1 fully saturated rings. The minimum Gasteiger partial charge on any atom is -0.317 e. The van der Waals surface area contributed by atoms with Gasteiger partial charge in [0.15, 0.2) is 0 Å². The second kappa shape index (κ2) is 6.53. The molecule has 1 aliphatic rings. The molecule has 0 radical (unpaired) electrons. The minimum absolute atomic E-state index is 0.231. The lowest BCUT2D eigenvalue weighted by Gasteiger charge is -2.23. The van der Waals surface area contributed by atoms with Crippen LogP contribution in [0, 0.1) is 11.7 Å². The normalized spacial score (nSPS) is 18.2. The van der Waals surface area contributed by atoms with Crippen molar-refractivity contribution in [2.24, 2.45) is 5.92 Å². The molecule has 100 valence electrons. The summed E-state index contributed by atoms with van der Waals surface area (Å²) < 4.78 is 13.8. The van der Waals surface area contributed by atoms with Crippen molar-refractivity contribution < 1.29 is 4.39 Å². The van der Waals surface area contributed by atoms with Crippen LogP contribution in [0.4, 0.5) is 4.39 Å². The van der Waals surface area contributed by atoms with Crippen molar-refractivity contribution in [3.8, 4) is 0 Å². The van der Waals surface area contributed by atoms with E-state index in [9.17, 15) is 4.39 Å². The lowest BCUT2D eigenvalue weighted by Crippen LogP contribution is -2.32. The van der Waals surface area contributed by atoms with Gasteiger partial charge in [-0.2, -0.15) is 0 Å². The summed E-state index contributed by atoms with van der Waals surface area (Å²) in [6, 6.07) is 5.77. The third kappa shape index (κ3) is 3.24. The number of benzene rings is 1. The summed E-state index contributed by atoms with van der Waals surface area (Å²) in [5, 5.41) is 3.62. The van der Waals surface area contributed by atoms with E-state index in [1.807, 2.05) is 19.2 Å². The van der Waals surface area contributed by atoms with Gasteiger partial charge < -0.3 is 5.32 Å². The van der Waals surface area contributed by atoms with Crippen molar-refractivity contribution in [3.63, 3.8) is 0 Å². The van der Waals surface area contributed by atoms with Gasteiger partial charge in [0, 0.05) is 6.04 Å². The Bertz CT molecular complexity index is 388. The van der Waals surface area contributed by atoms with Gasteiger partial charge in [0.25, 0.3) is 0 Å². The minimum atomic E-state index is -0.250. The Morgan fingerprint density at radius 2 is 2.11 bits per heavy atom. The van der Waals surface area contributed by atoms with E-state index >= 15 is 0 Å². The molecule has 1 atom stereocenters. The van der Waals surface area contributed by atoms with E-state index in [0.717, 1.165) is 24.3 Å². The lowest BCUT2D eigenvalue weighted by molar-refractivity contribution is 0.358. The number of nitrogens with one attached hydrogen (secondary N) is 1. The fourth-order valence-corrected chi connectivity index (χ4v) is 3.22. The molecule has 0 bridgehead atoms. The maximum absolute atomic E-state index is 13.8. The molecule has 0 aromatic heterocycles. The molecule has 0 spiro atoms. The van der Waals surface area contributed by atoms with Crippen molar-refractivity contribution in [1.29, 1.82) is 0 Å². The quantitative estimate of drug-likeness (QED) is 0.845. The first-order valence-electron chi connectivity index (χ1n) is 6.82. The van der Waals surface area contributed by atoms with E-state index in [0.29, 0.717) is 6.04 Å². The SMILES string of the molecule is CNC(CCc1cccc(Cl)c1F)C1CCCC1. The molecule has 2 rings (SSSR count). The predicted octanol–water partition coefficient (Wildman–Crippen LogP) is 4.19. The molecule has 0 heterocycles. The zero-order valence-electron chi connectivity index (χ0n) is 10.9. The molecule has 1 N–H and O–H groups in total. The lowest BCUT2D eigenvalue weighted by atomic mass is 9.92. The fraction of sp³-hybridized carbons (Fsp3) is 0.600. The zero-order valence-corrected chi connectivity index (χ0v) is 11.6. The zero-order chi connectivity index (χ0) is 13.0. The fourth-order valence-electron chi connectivity index (χ4n) is 3.03. The predicted molar refractivity (Wildman–Crippen MR) is 74.5 cm³/mol. The summed E-state index contributed by atoms with van der Waals surface area (Å²) >= 11 is 5.80. The molecule has 0 saturated heterocycles. The van der Waals surface area contributed by atoms with E-state index in [-0.39, 0.29) is 10.8 Å². The van der Waals surface area contributed by atoms with Crippen molar-refractivity contribution in [2.75, 3.05) is 7.05 Å². The highest BCUT2D eigenvalue weighted by atomic mass is 35.5. The van der Waals surface area contributed by atoms with Crippen LogP contribution in [0.3, 0.4) is 0 Å². The van der Waals surface area contributed by atoms with Crippen LogP contribution < -0.4 is 5.32 Å². The van der Waals surface area contributed by atoms with E-state index in [2.05, 4.69) is 5.32 Å². The Labute approximate surface area is 114 Å². The summed E-state index contributed by atoms with van der Waals surface area (Å²) in [6.07, 6.45) is 7.04. The molecule has 0 aliphatic heterocycles. The van der Waals surface area contributed by atoms with Crippen molar-refractivity contribution in [1.82, 2.24) is 5.32 Å². The van der Waals surface area contributed by atoms with Crippen LogP contribution in [-0.4, -0.2) is 13.1 Å². The molecular formula is C15H21ClFN. The number of rotatable bonds is 5. The molecule has 1 nitrogen and oxygen atoms in total. The summed E-state index contributed by atoms with van der Waals surface area (Å²) in [5.74, 6) is 0.512. The molecule has 1 unspecified atom stereocenters. The number of aryl methyl sites for hydroxylation is 1. The van der Waals surface area contributed by atoms with Crippen LogP contribution in [0.15, 0.2) is 18.2 Å². The van der Waals surface area contributed by atoms with Crippen molar-refractivity contribution >= 4 is 11.6 Å². The van der Waals surface area contributed by atoms with Crippen LogP contribution in [0.2, 0.25) is 5.02 Å². The number of hydrogen-bond acceptors (Lipinski definition) is 1. The van der Waals surface area contributed by atoms with Gasteiger partial charge in [0.1, 0.15) is 5.82 Å². The highest BCUT2D eigenvalue weighted by Crippen LogP contribution is 2.30. The topological polar surface area (TPSA) is 12.0 Å². The first-order chi connectivity index (χ1) is 8.72. The average molecular weight is 270 g/mol. The average Bonchev–Trinajstić information content (AvgIpc) is 2.89.